The van der Waals surface area contributed by atoms with Crippen LogP contribution in [-0.4, -0.2) is 11.3 Å². The zero-order chi connectivity index (χ0) is 13.9. The van der Waals surface area contributed by atoms with E-state index in [1.165, 1.54) is 0 Å². The minimum absolute atomic E-state index is 0.250. The molecule has 0 saturated heterocycles. The predicted octanol–water partition coefficient (Wildman–Crippen LogP) is 4.60. The van der Waals surface area contributed by atoms with Gasteiger partial charge in [0.15, 0.2) is 0 Å². The van der Waals surface area contributed by atoms with E-state index in [4.69, 9.17) is 0 Å². The van der Waals surface area contributed by atoms with E-state index < -0.39 is 0 Å². The summed E-state index contributed by atoms with van der Waals surface area (Å²) in [7, 11) is 0. The van der Waals surface area contributed by atoms with Crippen LogP contribution < -0.4 is 0 Å². The highest BCUT2D eigenvalue weighted by atomic mass is 16.3. The van der Waals surface area contributed by atoms with E-state index in [2.05, 4.69) is 23.2 Å². The van der Waals surface area contributed by atoms with Crippen molar-refractivity contribution in [2.45, 2.75) is 6.92 Å². The minimum atomic E-state index is 0.250. The summed E-state index contributed by atoms with van der Waals surface area (Å²) in [6.45, 7) is 1.99. The fourth-order valence-corrected chi connectivity index (χ4v) is 2.24. The van der Waals surface area contributed by atoms with Crippen LogP contribution in [0.15, 0.2) is 65.7 Å². The van der Waals surface area contributed by atoms with Crippen molar-refractivity contribution in [1.29, 1.82) is 0 Å². The first kappa shape index (κ1) is 12.4. The number of benzene rings is 3. The van der Waals surface area contributed by atoms with Gasteiger partial charge in [0.2, 0.25) is 0 Å². The second-order valence-corrected chi connectivity index (χ2v) is 4.82. The molecule has 0 aromatic heterocycles. The quantitative estimate of drug-likeness (QED) is 0.671. The van der Waals surface area contributed by atoms with Gasteiger partial charge < -0.3 is 5.11 Å². The van der Waals surface area contributed by atoms with Crippen molar-refractivity contribution in [3.05, 3.63) is 71.8 Å². The van der Waals surface area contributed by atoms with Crippen molar-refractivity contribution < 1.29 is 5.11 Å². The lowest BCUT2D eigenvalue weighted by atomic mass is 10.1. The van der Waals surface area contributed by atoms with Gasteiger partial charge in [-0.25, -0.2) is 0 Å². The Bertz CT molecular complexity index is 785. The zero-order valence-electron chi connectivity index (χ0n) is 11.2. The van der Waals surface area contributed by atoms with Crippen LogP contribution in [0.25, 0.3) is 10.8 Å². The Kier molecular flexibility index (Phi) is 3.21. The summed E-state index contributed by atoms with van der Waals surface area (Å²) in [4.78, 5) is 4.52. The van der Waals surface area contributed by atoms with E-state index in [1.54, 1.807) is 12.3 Å². The molecule has 2 nitrogen and oxygen atoms in total. The first-order chi connectivity index (χ1) is 9.74. The number of phenols is 1. The lowest BCUT2D eigenvalue weighted by Crippen LogP contribution is -1.84. The monoisotopic (exact) mass is 261 g/mol. The molecule has 0 aliphatic rings. The van der Waals surface area contributed by atoms with E-state index in [0.29, 0.717) is 0 Å². The lowest BCUT2D eigenvalue weighted by Gasteiger charge is -2.02. The molecule has 0 aliphatic heterocycles. The maximum Gasteiger partial charge on any atom is 0.124 e. The van der Waals surface area contributed by atoms with Crippen molar-refractivity contribution in [2.24, 2.45) is 4.99 Å². The molecule has 0 unspecified atom stereocenters. The Labute approximate surface area is 118 Å². The molecule has 0 aliphatic carbocycles. The Morgan fingerprint density at radius 2 is 1.75 bits per heavy atom. The van der Waals surface area contributed by atoms with E-state index in [0.717, 1.165) is 27.6 Å². The predicted molar refractivity (Wildman–Crippen MR) is 84.0 cm³/mol. The number of aromatic hydroxyl groups is 1. The van der Waals surface area contributed by atoms with Gasteiger partial charge >= 0.3 is 0 Å². The summed E-state index contributed by atoms with van der Waals surface area (Å²) in [6.07, 6.45) is 1.71. The number of rotatable bonds is 2. The molecule has 0 heterocycles. The van der Waals surface area contributed by atoms with Crippen LogP contribution in [0.1, 0.15) is 11.1 Å². The van der Waals surface area contributed by atoms with E-state index in [1.807, 2.05) is 43.3 Å². The second-order valence-electron chi connectivity index (χ2n) is 4.82. The number of fused-ring (bicyclic) bond motifs is 1. The van der Waals surface area contributed by atoms with Gasteiger partial charge in [0.25, 0.3) is 0 Å². The molecule has 0 amide bonds. The van der Waals surface area contributed by atoms with Crippen LogP contribution in [0.3, 0.4) is 0 Å². The van der Waals surface area contributed by atoms with Gasteiger partial charge in [-0.2, -0.15) is 0 Å². The summed E-state index contributed by atoms with van der Waals surface area (Å²) in [5, 5.41) is 12.1. The Morgan fingerprint density at radius 3 is 2.65 bits per heavy atom. The highest BCUT2D eigenvalue weighted by molar-refractivity contribution is 5.95. The topological polar surface area (TPSA) is 32.6 Å². The molecule has 3 aromatic rings. The molecule has 0 spiro atoms. The molecular weight excluding hydrogens is 246 g/mol. The molecule has 0 fully saturated rings. The summed E-state index contributed by atoms with van der Waals surface area (Å²) >= 11 is 0. The largest absolute Gasteiger partial charge is 0.507 e. The van der Waals surface area contributed by atoms with Crippen molar-refractivity contribution in [3.8, 4) is 5.75 Å². The third-order valence-corrected chi connectivity index (χ3v) is 3.29. The maximum absolute atomic E-state index is 9.83. The van der Waals surface area contributed by atoms with Gasteiger partial charge in [-0.1, -0.05) is 48.0 Å². The van der Waals surface area contributed by atoms with E-state index >= 15 is 0 Å². The zero-order valence-corrected chi connectivity index (χ0v) is 11.2. The minimum Gasteiger partial charge on any atom is -0.507 e. The fraction of sp³-hybridized carbons (Fsp3) is 0.0556. The number of hydrogen-bond donors (Lipinski definition) is 1. The maximum atomic E-state index is 9.83. The van der Waals surface area contributed by atoms with Gasteiger partial charge in [0.1, 0.15) is 5.75 Å². The standard InChI is InChI=1S/C18H15NO/c1-13-9-10-18(20)15(11-13)12-19-17-8-4-6-14-5-2-3-7-16(14)17/h2-12,20H,1H3. The molecule has 0 atom stereocenters. The number of hydrogen-bond acceptors (Lipinski definition) is 2. The third-order valence-electron chi connectivity index (χ3n) is 3.29. The van der Waals surface area contributed by atoms with Crippen molar-refractivity contribution in [2.75, 3.05) is 0 Å². The Hall–Kier alpha value is -2.61. The highest BCUT2D eigenvalue weighted by Crippen LogP contribution is 2.26. The van der Waals surface area contributed by atoms with Crippen LogP contribution in [0.5, 0.6) is 5.75 Å². The smallest absolute Gasteiger partial charge is 0.124 e. The molecule has 2 heteroatoms. The molecule has 0 bridgehead atoms. The van der Waals surface area contributed by atoms with Crippen LogP contribution in [-0.2, 0) is 0 Å². The van der Waals surface area contributed by atoms with Gasteiger partial charge in [0, 0.05) is 17.2 Å². The summed E-state index contributed by atoms with van der Waals surface area (Å²) < 4.78 is 0. The van der Waals surface area contributed by atoms with Crippen LogP contribution >= 0.6 is 0 Å². The Morgan fingerprint density at radius 1 is 0.950 bits per heavy atom. The van der Waals surface area contributed by atoms with Crippen molar-refractivity contribution in [3.63, 3.8) is 0 Å². The van der Waals surface area contributed by atoms with Crippen LogP contribution in [0.2, 0.25) is 0 Å². The summed E-state index contributed by atoms with van der Waals surface area (Å²) in [5.41, 5.74) is 2.74. The van der Waals surface area contributed by atoms with Crippen molar-refractivity contribution in [1.82, 2.24) is 0 Å². The molecule has 20 heavy (non-hydrogen) atoms. The van der Waals surface area contributed by atoms with Crippen molar-refractivity contribution >= 4 is 22.7 Å². The molecule has 0 saturated carbocycles. The Balaban J connectivity index is 2.05. The van der Waals surface area contributed by atoms with Crippen LogP contribution in [0.4, 0.5) is 5.69 Å². The molecule has 98 valence electrons. The third kappa shape index (κ3) is 2.41. The molecule has 0 radical (unpaired) electrons. The van der Waals surface area contributed by atoms with Gasteiger partial charge in [-0.3, -0.25) is 4.99 Å². The molecular formula is C18H15NO. The normalized spacial score (nSPS) is 11.2. The van der Waals surface area contributed by atoms with Gasteiger partial charge in [-0.15, -0.1) is 0 Å². The number of phenolic OH excluding ortho intramolecular Hbond substituents is 1. The average molecular weight is 261 g/mol. The van der Waals surface area contributed by atoms with E-state index in [-0.39, 0.29) is 5.75 Å². The summed E-state index contributed by atoms with van der Waals surface area (Å²) in [5.74, 6) is 0.250. The second kappa shape index (κ2) is 5.17. The molecule has 3 rings (SSSR count). The molecule has 3 aromatic carbocycles. The van der Waals surface area contributed by atoms with Gasteiger partial charge in [0.05, 0.1) is 5.69 Å². The average Bonchev–Trinajstić information content (AvgIpc) is 2.48. The lowest BCUT2D eigenvalue weighted by molar-refractivity contribution is 0.474. The highest BCUT2D eigenvalue weighted by Gasteiger charge is 2.00. The number of aliphatic imine (C=N–C) groups is 1. The van der Waals surface area contributed by atoms with E-state index in [9.17, 15) is 5.11 Å². The fourth-order valence-electron chi connectivity index (χ4n) is 2.24. The first-order valence-electron chi connectivity index (χ1n) is 6.55. The number of nitrogens with zero attached hydrogens (tertiary/aromatic N) is 1. The van der Waals surface area contributed by atoms with Crippen LogP contribution in [0, 0.1) is 6.92 Å². The number of aryl methyl sites for hydroxylation is 1. The molecule has 1 N–H and O–H groups in total. The summed E-state index contributed by atoms with van der Waals surface area (Å²) in [6, 6.07) is 19.7. The SMILES string of the molecule is Cc1ccc(O)c(C=Nc2cccc3ccccc23)c1. The first-order valence-corrected chi connectivity index (χ1v) is 6.55. The van der Waals surface area contributed by atoms with Gasteiger partial charge in [-0.05, 0) is 30.5 Å².